The summed E-state index contributed by atoms with van der Waals surface area (Å²) >= 11 is 0. The molecular formula is C13H20N4O4. The van der Waals surface area contributed by atoms with Crippen molar-refractivity contribution in [1.82, 2.24) is 20.6 Å². The van der Waals surface area contributed by atoms with Gasteiger partial charge in [0.25, 0.3) is 0 Å². The van der Waals surface area contributed by atoms with Crippen molar-refractivity contribution in [2.45, 2.75) is 50.3 Å². The molecule has 8 nitrogen and oxygen atoms in total. The molecule has 1 aliphatic rings. The second-order valence-electron chi connectivity index (χ2n) is 5.30. The fourth-order valence-corrected chi connectivity index (χ4v) is 2.42. The average Bonchev–Trinajstić information content (AvgIpc) is 2.93. The van der Waals surface area contributed by atoms with Crippen LogP contribution >= 0.6 is 0 Å². The Labute approximate surface area is 122 Å². The lowest BCUT2D eigenvalue weighted by Gasteiger charge is -2.26. The third-order valence-electron chi connectivity index (χ3n) is 3.61. The summed E-state index contributed by atoms with van der Waals surface area (Å²) in [5.74, 6) is -1.10. The van der Waals surface area contributed by atoms with E-state index in [-0.39, 0.29) is 18.6 Å². The summed E-state index contributed by atoms with van der Waals surface area (Å²) in [5, 5.41) is 23.8. The Morgan fingerprint density at radius 1 is 1.38 bits per heavy atom. The number of carbonyl (C=O) groups excluding carboxylic acids is 1. The highest BCUT2D eigenvalue weighted by molar-refractivity contribution is 5.82. The molecule has 0 radical (unpaired) electrons. The van der Waals surface area contributed by atoms with Gasteiger partial charge < -0.3 is 25.8 Å². The molecule has 0 spiro atoms. The molecule has 5 N–H and O–H groups in total. The number of nitrogens with zero attached hydrogens (tertiary/aromatic N) is 1. The summed E-state index contributed by atoms with van der Waals surface area (Å²) in [6, 6.07) is -1.53. The van der Waals surface area contributed by atoms with Crippen molar-refractivity contribution < 1.29 is 19.8 Å². The highest BCUT2D eigenvalue weighted by Gasteiger charge is 2.24. The van der Waals surface area contributed by atoms with Crippen LogP contribution in [-0.2, 0) is 11.2 Å². The first-order valence-corrected chi connectivity index (χ1v) is 6.99. The van der Waals surface area contributed by atoms with E-state index in [0.29, 0.717) is 31.4 Å². The van der Waals surface area contributed by atoms with Crippen LogP contribution in [0.25, 0.3) is 0 Å². The third kappa shape index (κ3) is 4.75. The SMILES string of the molecule is O=C(NC1CCC(O)CC1)N[C@@H](Cc1cnc[nH]1)C(=O)O. The number of aromatic nitrogens is 2. The van der Waals surface area contributed by atoms with Crippen molar-refractivity contribution in [2.75, 3.05) is 0 Å². The van der Waals surface area contributed by atoms with E-state index in [4.69, 9.17) is 5.11 Å². The van der Waals surface area contributed by atoms with Gasteiger partial charge in [-0.2, -0.15) is 0 Å². The number of hydrogen-bond acceptors (Lipinski definition) is 4. The Morgan fingerprint density at radius 3 is 2.67 bits per heavy atom. The van der Waals surface area contributed by atoms with Crippen LogP contribution in [0.4, 0.5) is 4.79 Å². The lowest BCUT2D eigenvalue weighted by atomic mass is 9.93. The van der Waals surface area contributed by atoms with E-state index in [1.807, 2.05) is 0 Å². The number of urea groups is 1. The first kappa shape index (κ1) is 15.3. The molecule has 8 heteroatoms. The fraction of sp³-hybridized carbons (Fsp3) is 0.615. The molecule has 21 heavy (non-hydrogen) atoms. The molecule has 0 aromatic carbocycles. The monoisotopic (exact) mass is 296 g/mol. The number of carboxylic acid groups (broad SMARTS) is 1. The smallest absolute Gasteiger partial charge is 0.326 e. The molecule has 1 atom stereocenters. The summed E-state index contributed by atoms with van der Waals surface area (Å²) in [6.07, 6.45) is 5.55. The predicted molar refractivity (Wildman–Crippen MR) is 73.6 cm³/mol. The maximum absolute atomic E-state index is 11.9. The number of nitrogens with one attached hydrogen (secondary N) is 3. The topological polar surface area (TPSA) is 127 Å². The van der Waals surface area contributed by atoms with Crippen LogP contribution in [0.3, 0.4) is 0 Å². The number of carbonyl (C=O) groups is 2. The Hall–Kier alpha value is -2.09. The van der Waals surface area contributed by atoms with Gasteiger partial charge in [0.2, 0.25) is 0 Å². The number of imidazole rings is 1. The lowest BCUT2D eigenvalue weighted by molar-refractivity contribution is -0.139. The summed E-state index contributed by atoms with van der Waals surface area (Å²) in [5.41, 5.74) is 0.642. The molecule has 1 aromatic heterocycles. The number of aliphatic hydroxyl groups is 1. The predicted octanol–water partition coefficient (Wildman–Crippen LogP) is 0.00810. The minimum absolute atomic E-state index is 0.0185. The number of aliphatic carboxylic acids is 1. The molecule has 1 fully saturated rings. The first-order chi connectivity index (χ1) is 10.0. The van der Waals surface area contributed by atoms with Gasteiger partial charge in [-0.15, -0.1) is 0 Å². The largest absolute Gasteiger partial charge is 0.480 e. The van der Waals surface area contributed by atoms with Crippen molar-refractivity contribution in [3.05, 3.63) is 18.2 Å². The van der Waals surface area contributed by atoms with Crippen molar-refractivity contribution >= 4 is 12.0 Å². The van der Waals surface area contributed by atoms with Crippen molar-refractivity contribution in [2.24, 2.45) is 0 Å². The van der Waals surface area contributed by atoms with Crippen LogP contribution in [0, 0.1) is 0 Å². The summed E-state index contributed by atoms with van der Waals surface area (Å²) < 4.78 is 0. The van der Waals surface area contributed by atoms with Crippen LogP contribution in [0.1, 0.15) is 31.4 Å². The van der Waals surface area contributed by atoms with Gasteiger partial charge in [-0.1, -0.05) is 0 Å². The quantitative estimate of drug-likeness (QED) is 0.523. The number of aliphatic hydroxyl groups excluding tert-OH is 1. The number of aromatic amines is 1. The van der Waals surface area contributed by atoms with Gasteiger partial charge in [-0.05, 0) is 25.7 Å². The number of rotatable bonds is 5. The van der Waals surface area contributed by atoms with E-state index in [9.17, 15) is 14.7 Å². The molecule has 2 amide bonds. The van der Waals surface area contributed by atoms with Gasteiger partial charge in [-0.25, -0.2) is 14.6 Å². The van der Waals surface area contributed by atoms with Crippen molar-refractivity contribution in [3.8, 4) is 0 Å². The Bertz CT molecular complexity index is 469. The summed E-state index contributed by atoms with van der Waals surface area (Å²) in [6.45, 7) is 0. The maximum atomic E-state index is 11.9. The van der Waals surface area contributed by atoms with E-state index in [2.05, 4.69) is 20.6 Å². The molecule has 0 bridgehead atoms. The molecule has 1 saturated carbocycles. The van der Waals surface area contributed by atoms with Crippen LogP contribution in [-0.4, -0.2) is 50.4 Å². The highest BCUT2D eigenvalue weighted by Crippen LogP contribution is 2.18. The van der Waals surface area contributed by atoms with Crippen molar-refractivity contribution in [3.63, 3.8) is 0 Å². The Balaban J connectivity index is 1.82. The summed E-state index contributed by atoms with van der Waals surface area (Å²) in [7, 11) is 0. The number of amides is 2. The second-order valence-corrected chi connectivity index (χ2v) is 5.30. The van der Waals surface area contributed by atoms with Gasteiger partial charge in [0.05, 0.1) is 12.4 Å². The Morgan fingerprint density at radius 2 is 2.10 bits per heavy atom. The molecule has 0 saturated heterocycles. The lowest BCUT2D eigenvalue weighted by Crippen LogP contribution is -2.50. The van der Waals surface area contributed by atoms with E-state index in [1.165, 1.54) is 12.5 Å². The number of carboxylic acids is 1. The minimum Gasteiger partial charge on any atom is -0.480 e. The molecular weight excluding hydrogens is 276 g/mol. The van der Waals surface area contributed by atoms with E-state index >= 15 is 0 Å². The molecule has 0 unspecified atom stereocenters. The molecule has 116 valence electrons. The standard InChI is InChI=1S/C13H20N4O4/c18-10-3-1-8(2-4-10)16-13(21)17-11(12(19)20)5-9-6-14-7-15-9/h6-8,10-11,18H,1-5H2,(H,14,15)(H,19,20)(H2,16,17,21)/t8?,10?,11-/m0/s1. The maximum Gasteiger partial charge on any atom is 0.326 e. The van der Waals surface area contributed by atoms with Crippen LogP contribution in [0.5, 0.6) is 0 Å². The highest BCUT2D eigenvalue weighted by atomic mass is 16.4. The third-order valence-corrected chi connectivity index (χ3v) is 3.61. The average molecular weight is 296 g/mol. The molecule has 1 aromatic rings. The van der Waals surface area contributed by atoms with Crippen molar-refractivity contribution in [1.29, 1.82) is 0 Å². The number of hydrogen-bond donors (Lipinski definition) is 5. The van der Waals surface area contributed by atoms with Crippen LogP contribution < -0.4 is 10.6 Å². The fourth-order valence-electron chi connectivity index (χ4n) is 2.42. The zero-order valence-electron chi connectivity index (χ0n) is 11.6. The zero-order chi connectivity index (χ0) is 15.2. The second kappa shape index (κ2) is 7.07. The van der Waals surface area contributed by atoms with E-state index in [0.717, 1.165) is 0 Å². The molecule has 2 rings (SSSR count). The van der Waals surface area contributed by atoms with E-state index < -0.39 is 18.0 Å². The van der Waals surface area contributed by atoms with Crippen LogP contribution in [0.15, 0.2) is 12.5 Å². The molecule has 1 heterocycles. The van der Waals surface area contributed by atoms with Gasteiger partial charge in [0, 0.05) is 24.4 Å². The van der Waals surface area contributed by atoms with E-state index in [1.54, 1.807) is 0 Å². The summed E-state index contributed by atoms with van der Waals surface area (Å²) in [4.78, 5) is 29.7. The minimum atomic E-state index is -1.10. The zero-order valence-corrected chi connectivity index (χ0v) is 11.6. The van der Waals surface area contributed by atoms with Gasteiger partial charge >= 0.3 is 12.0 Å². The normalized spacial score (nSPS) is 23.3. The first-order valence-electron chi connectivity index (χ1n) is 6.99. The van der Waals surface area contributed by atoms with Crippen LogP contribution in [0.2, 0.25) is 0 Å². The molecule has 0 aliphatic heterocycles. The van der Waals surface area contributed by atoms with Gasteiger partial charge in [0.1, 0.15) is 6.04 Å². The number of H-pyrrole nitrogens is 1. The Kier molecular flexibility index (Phi) is 5.15. The van der Waals surface area contributed by atoms with Gasteiger partial charge in [0.15, 0.2) is 0 Å². The molecule has 1 aliphatic carbocycles. The van der Waals surface area contributed by atoms with Gasteiger partial charge in [-0.3, -0.25) is 0 Å².